The van der Waals surface area contributed by atoms with Crippen molar-refractivity contribution >= 4 is 11.9 Å². The number of hydrogen-bond acceptors (Lipinski definition) is 6. The number of amides is 1. The third-order valence-electron chi connectivity index (χ3n) is 4.85. The smallest absolute Gasteiger partial charge is 0.407 e. The Morgan fingerprint density at radius 1 is 1.19 bits per heavy atom. The number of carbonyl (C=O) groups is 1. The quantitative estimate of drug-likeness (QED) is 0.891. The first-order chi connectivity index (χ1) is 12.4. The fraction of sp³-hybridized carbons (Fsp3) is 0.737. The molecule has 2 aliphatic heterocycles. The average molecular weight is 362 g/mol. The monoisotopic (exact) mass is 362 g/mol. The highest BCUT2D eigenvalue weighted by Gasteiger charge is 2.25. The molecular weight excluding hydrogens is 332 g/mol. The zero-order chi connectivity index (χ0) is 18.6. The summed E-state index contributed by atoms with van der Waals surface area (Å²) >= 11 is 0. The molecule has 2 saturated heterocycles. The Bertz CT molecular complexity index is 603. The van der Waals surface area contributed by atoms with E-state index in [1.165, 1.54) is 0 Å². The molecule has 7 heteroatoms. The number of piperidine rings is 1. The summed E-state index contributed by atoms with van der Waals surface area (Å²) in [5.41, 5.74) is 0.652. The molecule has 0 spiro atoms. The van der Waals surface area contributed by atoms with E-state index in [4.69, 9.17) is 9.47 Å². The summed E-state index contributed by atoms with van der Waals surface area (Å²) in [6, 6.07) is 2.27. The normalized spacial score (nSPS) is 20.0. The van der Waals surface area contributed by atoms with E-state index in [2.05, 4.69) is 26.3 Å². The van der Waals surface area contributed by atoms with Crippen LogP contribution in [0.2, 0.25) is 0 Å². The maximum Gasteiger partial charge on any atom is 0.407 e. The van der Waals surface area contributed by atoms with Crippen molar-refractivity contribution in [2.24, 2.45) is 0 Å². The standard InChI is InChI=1S/C19H30N4O3/c1-19(2,3)26-18(24)22-15-4-8-23(9-5-15)17-12-16(20-13-21-17)14-6-10-25-11-7-14/h12-15H,4-11H2,1-3H3,(H,22,24). The lowest BCUT2D eigenvalue weighted by atomic mass is 9.96. The minimum Gasteiger partial charge on any atom is -0.444 e. The lowest BCUT2D eigenvalue weighted by molar-refractivity contribution is 0.0497. The van der Waals surface area contributed by atoms with Gasteiger partial charge in [0.1, 0.15) is 17.7 Å². The Hall–Kier alpha value is -1.89. The third kappa shape index (κ3) is 5.30. The molecule has 0 aromatic carbocycles. The summed E-state index contributed by atoms with van der Waals surface area (Å²) < 4.78 is 10.8. The van der Waals surface area contributed by atoms with Crippen LogP contribution in [0.4, 0.5) is 10.6 Å². The lowest BCUT2D eigenvalue weighted by Crippen LogP contribution is -2.46. The number of aromatic nitrogens is 2. The highest BCUT2D eigenvalue weighted by Crippen LogP contribution is 2.27. The van der Waals surface area contributed by atoms with Gasteiger partial charge in [-0.1, -0.05) is 0 Å². The molecule has 0 aliphatic carbocycles. The number of anilines is 1. The fourth-order valence-corrected chi connectivity index (χ4v) is 3.48. The topological polar surface area (TPSA) is 76.6 Å². The lowest BCUT2D eigenvalue weighted by Gasteiger charge is -2.33. The van der Waals surface area contributed by atoms with E-state index in [1.807, 2.05) is 20.8 Å². The van der Waals surface area contributed by atoms with Crippen molar-refractivity contribution in [2.45, 2.75) is 64.0 Å². The van der Waals surface area contributed by atoms with E-state index in [1.54, 1.807) is 6.33 Å². The molecule has 7 nitrogen and oxygen atoms in total. The van der Waals surface area contributed by atoms with Gasteiger partial charge in [0.2, 0.25) is 0 Å². The zero-order valence-corrected chi connectivity index (χ0v) is 16.0. The van der Waals surface area contributed by atoms with Gasteiger partial charge < -0.3 is 19.7 Å². The predicted octanol–water partition coefficient (Wildman–Crippen LogP) is 2.86. The molecule has 1 N–H and O–H groups in total. The van der Waals surface area contributed by atoms with Crippen LogP contribution < -0.4 is 10.2 Å². The highest BCUT2D eigenvalue weighted by atomic mass is 16.6. The van der Waals surface area contributed by atoms with Gasteiger partial charge in [-0.3, -0.25) is 0 Å². The molecule has 3 heterocycles. The van der Waals surface area contributed by atoms with Crippen molar-refractivity contribution in [3.05, 3.63) is 18.1 Å². The summed E-state index contributed by atoms with van der Waals surface area (Å²) in [5, 5.41) is 2.98. The van der Waals surface area contributed by atoms with Gasteiger partial charge in [0.15, 0.2) is 0 Å². The molecule has 1 aromatic rings. The van der Waals surface area contributed by atoms with Gasteiger partial charge in [-0.15, -0.1) is 0 Å². The summed E-state index contributed by atoms with van der Waals surface area (Å²) in [5.74, 6) is 1.45. The first-order valence-electron chi connectivity index (χ1n) is 9.55. The predicted molar refractivity (Wildman–Crippen MR) is 99.4 cm³/mol. The number of hydrogen-bond donors (Lipinski definition) is 1. The van der Waals surface area contributed by atoms with Gasteiger partial charge in [-0.2, -0.15) is 0 Å². The molecular formula is C19H30N4O3. The second-order valence-corrected chi connectivity index (χ2v) is 8.10. The second kappa shape index (κ2) is 8.20. The van der Waals surface area contributed by atoms with E-state index >= 15 is 0 Å². The molecule has 0 radical (unpaired) electrons. The molecule has 2 fully saturated rings. The third-order valence-corrected chi connectivity index (χ3v) is 4.85. The van der Waals surface area contributed by atoms with Crippen LogP contribution in [0.3, 0.4) is 0 Å². The van der Waals surface area contributed by atoms with Gasteiger partial charge in [-0.05, 0) is 46.5 Å². The molecule has 144 valence electrons. The first kappa shape index (κ1) is 18.9. The molecule has 1 amide bonds. The fourth-order valence-electron chi connectivity index (χ4n) is 3.48. The van der Waals surface area contributed by atoms with E-state index in [0.717, 1.165) is 63.5 Å². The number of ether oxygens (including phenoxy) is 2. The largest absolute Gasteiger partial charge is 0.444 e. The Balaban J connectivity index is 1.52. The number of nitrogens with one attached hydrogen (secondary N) is 1. The van der Waals surface area contributed by atoms with E-state index < -0.39 is 5.60 Å². The van der Waals surface area contributed by atoms with E-state index in [9.17, 15) is 4.79 Å². The summed E-state index contributed by atoms with van der Waals surface area (Å²) in [6.07, 6.45) is 5.16. The summed E-state index contributed by atoms with van der Waals surface area (Å²) in [6.45, 7) is 8.98. The number of alkyl carbamates (subject to hydrolysis) is 1. The Morgan fingerprint density at radius 2 is 1.88 bits per heavy atom. The Kier molecular flexibility index (Phi) is 5.96. The summed E-state index contributed by atoms with van der Waals surface area (Å²) in [4.78, 5) is 23.1. The maximum absolute atomic E-state index is 11.9. The molecule has 0 atom stereocenters. The van der Waals surface area contributed by atoms with Crippen LogP contribution in [-0.4, -0.2) is 54.0 Å². The highest BCUT2D eigenvalue weighted by molar-refractivity contribution is 5.68. The van der Waals surface area contributed by atoms with Crippen molar-refractivity contribution in [1.29, 1.82) is 0 Å². The van der Waals surface area contributed by atoms with Crippen molar-refractivity contribution in [3.8, 4) is 0 Å². The zero-order valence-electron chi connectivity index (χ0n) is 16.0. The average Bonchev–Trinajstić information content (AvgIpc) is 2.61. The van der Waals surface area contributed by atoms with Crippen LogP contribution >= 0.6 is 0 Å². The molecule has 2 aliphatic rings. The van der Waals surface area contributed by atoms with Crippen molar-refractivity contribution in [3.63, 3.8) is 0 Å². The maximum atomic E-state index is 11.9. The van der Waals surface area contributed by atoms with Gasteiger partial charge in [0.25, 0.3) is 0 Å². The minimum absolute atomic E-state index is 0.151. The Morgan fingerprint density at radius 3 is 2.54 bits per heavy atom. The SMILES string of the molecule is CC(C)(C)OC(=O)NC1CCN(c2cc(C3CCOCC3)ncn2)CC1. The van der Waals surface area contributed by atoms with Gasteiger partial charge in [-0.25, -0.2) is 14.8 Å². The molecule has 3 rings (SSSR count). The number of carbonyl (C=O) groups excluding carboxylic acids is 1. The van der Waals surface area contributed by atoms with Crippen molar-refractivity contribution in [2.75, 3.05) is 31.2 Å². The number of nitrogens with zero attached hydrogens (tertiary/aromatic N) is 3. The summed E-state index contributed by atoms with van der Waals surface area (Å²) in [7, 11) is 0. The first-order valence-corrected chi connectivity index (χ1v) is 9.55. The molecule has 26 heavy (non-hydrogen) atoms. The second-order valence-electron chi connectivity index (χ2n) is 8.10. The van der Waals surface area contributed by atoms with Crippen LogP contribution in [0, 0.1) is 0 Å². The van der Waals surface area contributed by atoms with Crippen LogP contribution in [0.15, 0.2) is 12.4 Å². The van der Waals surface area contributed by atoms with Crippen molar-refractivity contribution in [1.82, 2.24) is 15.3 Å². The van der Waals surface area contributed by atoms with Crippen LogP contribution in [0.1, 0.15) is 58.1 Å². The minimum atomic E-state index is -0.466. The van der Waals surface area contributed by atoms with Crippen molar-refractivity contribution < 1.29 is 14.3 Å². The van der Waals surface area contributed by atoms with Crippen LogP contribution in [-0.2, 0) is 9.47 Å². The van der Waals surface area contributed by atoms with Gasteiger partial charge >= 0.3 is 6.09 Å². The van der Waals surface area contributed by atoms with E-state index in [0.29, 0.717) is 5.92 Å². The molecule has 0 unspecified atom stereocenters. The van der Waals surface area contributed by atoms with Crippen LogP contribution in [0.25, 0.3) is 0 Å². The van der Waals surface area contributed by atoms with Crippen LogP contribution in [0.5, 0.6) is 0 Å². The van der Waals surface area contributed by atoms with Gasteiger partial charge in [0, 0.05) is 50.0 Å². The molecule has 0 saturated carbocycles. The van der Waals surface area contributed by atoms with Gasteiger partial charge in [0.05, 0.1) is 0 Å². The molecule has 1 aromatic heterocycles. The Labute approximate surface area is 155 Å². The number of rotatable bonds is 3. The molecule has 0 bridgehead atoms. The van der Waals surface area contributed by atoms with E-state index in [-0.39, 0.29) is 12.1 Å².